The molecule has 18 heavy (non-hydrogen) atoms. The van der Waals surface area contributed by atoms with E-state index >= 15 is 0 Å². The Morgan fingerprint density at radius 2 is 2.28 bits per heavy atom. The third-order valence-corrected chi connectivity index (χ3v) is 3.19. The third-order valence-electron chi connectivity index (χ3n) is 3.19. The number of ether oxygens (including phenoxy) is 3. The average Bonchev–Trinajstić information content (AvgIpc) is 2.46. The van der Waals surface area contributed by atoms with Crippen LogP contribution in [0.4, 0.5) is 0 Å². The highest BCUT2D eigenvalue weighted by molar-refractivity contribution is 5.40. The molecule has 0 aliphatic carbocycles. The summed E-state index contributed by atoms with van der Waals surface area (Å²) in [6, 6.07) is 5.71. The predicted octanol–water partition coefficient (Wildman–Crippen LogP) is 2.10. The lowest BCUT2D eigenvalue weighted by Gasteiger charge is -2.23. The lowest BCUT2D eigenvalue weighted by Crippen LogP contribution is -2.26. The number of rotatable bonds is 5. The lowest BCUT2D eigenvalue weighted by molar-refractivity contribution is -0.0112. The second-order valence-corrected chi connectivity index (χ2v) is 4.48. The molecule has 1 aromatic rings. The summed E-state index contributed by atoms with van der Waals surface area (Å²) in [5.74, 6) is 1.63. The van der Waals surface area contributed by atoms with E-state index in [0.29, 0.717) is 13.2 Å². The topological polar surface area (TPSA) is 53.7 Å². The summed E-state index contributed by atoms with van der Waals surface area (Å²) >= 11 is 0. The Labute approximate surface area is 108 Å². The van der Waals surface area contributed by atoms with Crippen LogP contribution in [0.1, 0.15) is 24.8 Å². The first-order valence-electron chi connectivity index (χ1n) is 6.45. The Morgan fingerprint density at radius 3 is 2.94 bits per heavy atom. The van der Waals surface area contributed by atoms with Gasteiger partial charge in [0.25, 0.3) is 0 Å². The summed E-state index contributed by atoms with van der Waals surface area (Å²) in [5.41, 5.74) is 6.68. The zero-order chi connectivity index (χ0) is 12.8. The van der Waals surface area contributed by atoms with E-state index in [4.69, 9.17) is 19.9 Å². The highest BCUT2D eigenvalue weighted by Crippen LogP contribution is 2.24. The van der Waals surface area contributed by atoms with E-state index in [2.05, 4.69) is 0 Å². The fraction of sp³-hybridized carbons (Fsp3) is 0.571. The van der Waals surface area contributed by atoms with Gasteiger partial charge in [0.15, 0.2) is 0 Å². The first-order chi connectivity index (χ1) is 8.83. The van der Waals surface area contributed by atoms with Crippen LogP contribution in [0.15, 0.2) is 18.2 Å². The van der Waals surface area contributed by atoms with Crippen molar-refractivity contribution in [3.05, 3.63) is 23.8 Å². The van der Waals surface area contributed by atoms with Gasteiger partial charge in [-0.05, 0) is 37.5 Å². The summed E-state index contributed by atoms with van der Waals surface area (Å²) in [6.45, 7) is 1.89. The van der Waals surface area contributed by atoms with Gasteiger partial charge < -0.3 is 19.9 Å². The van der Waals surface area contributed by atoms with Crippen molar-refractivity contribution in [1.29, 1.82) is 0 Å². The van der Waals surface area contributed by atoms with Gasteiger partial charge in [0.05, 0.1) is 13.2 Å². The number of methoxy groups -OCH3 is 1. The molecule has 1 unspecified atom stereocenters. The molecule has 1 aliphatic rings. The molecule has 1 atom stereocenters. The molecule has 100 valence electrons. The minimum atomic E-state index is 0.214. The second-order valence-electron chi connectivity index (χ2n) is 4.48. The van der Waals surface area contributed by atoms with Crippen LogP contribution < -0.4 is 15.2 Å². The van der Waals surface area contributed by atoms with Gasteiger partial charge in [0.1, 0.15) is 18.1 Å². The Hall–Kier alpha value is -1.26. The second kappa shape index (κ2) is 6.61. The van der Waals surface area contributed by atoms with Crippen molar-refractivity contribution in [2.75, 3.05) is 20.3 Å². The SMILES string of the molecule is COc1ccc(OCC2CCCCO2)c(CN)c1. The van der Waals surface area contributed by atoms with Crippen molar-refractivity contribution in [3.63, 3.8) is 0 Å². The van der Waals surface area contributed by atoms with Crippen molar-refractivity contribution in [2.45, 2.75) is 31.9 Å². The van der Waals surface area contributed by atoms with E-state index in [9.17, 15) is 0 Å². The normalized spacial score (nSPS) is 19.6. The van der Waals surface area contributed by atoms with Gasteiger partial charge in [-0.3, -0.25) is 0 Å². The third kappa shape index (κ3) is 3.37. The molecule has 2 rings (SSSR count). The van der Waals surface area contributed by atoms with Crippen LogP contribution in [0.3, 0.4) is 0 Å². The Balaban J connectivity index is 1.95. The molecular formula is C14H21NO3. The van der Waals surface area contributed by atoms with Gasteiger partial charge in [-0.15, -0.1) is 0 Å². The highest BCUT2D eigenvalue weighted by atomic mass is 16.5. The van der Waals surface area contributed by atoms with Gasteiger partial charge in [0, 0.05) is 18.7 Å². The minimum absolute atomic E-state index is 0.214. The minimum Gasteiger partial charge on any atom is -0.497 e. The fourth-order valence-electron chi connectivity index (χ4n) is 2.10. The van der Waals surface area contributed by atoms with Crippen molar-refractivity contribution >= 4 is 0 Å². The largest absolute Gasteiger partial charge is 0.497 e. The van der Waals surface area contributed by atoms with Crippen molar-refractivity contribution in [1.82, 2.24) is 0 Å². The van der Waals surface area contributed by atoms with E-state index in [1.807, 2.05) is 18.2 Å². The summed E-state index contributed by atoms with van der Waals surface area (Å²) < 4.78 is 16.6. The van der Waals surface area contributed by atoms with Crippen molar-refractivity contribution < 1.29 is 14.2 Å². The summed E-state index contributed by atoms with van der Waals surface area (Å²) in [5, 5.41) is 0. The zero-order valence-corrected chi connectivity index (χ0v) is 10.9. The molecule has 4 heteroatoms. The molecule has 0 radical (unpaired) electrons. The summed E-state index contributed by atoms with van der Waals surface area (Å²) in [4.78, 5) is 0. The quantitative estimate of drug-likeness (QED) is 0.870. The fourth-order valence-corrected chi connectivity index (χ4v) is 2.10. The Bertz CT molecular complexity index is 375. The van der Waals surface area contributed by atoms with Crippen LogP contribution in [-0.4, -0.2) is 26.4 Å². The molecule has 0 saturated carbocycles. The molecule has 0 aromatic heterocycles. The van der Waals surface area contributed by atoms with Gasteiger partial charge in [-0.2, -0.15) is 0 Å². The van der Waals surface area contributed by atoms with Gasteiger partial charge in [0.2, 0.25) is 0 Å². The molecule has 0 amide bonds. The van der Waals surface area contributed by atoms with Crippen LogP contribution in [0.2, 0.25) is 0 Å². The molecule has 1 heterocycles. The Morgan fingerprint density at radius 1 is 1.39 bits per heavy atom. The smallest absolute Gasteiger partial charge is 0.124 e. The lowest BCUT2D eigenvalue weighted by atomic mass is 10.1. The zero-order valence-electron chi connectivity index (χ0n) is 10.9. The maximum Gasteiger partial charge on any atom is 0.124 e. The van der Waals surface area contributed by atoms with Gasteiger partial charge >= 0.3 is 0 Å². The molecule has 1 fully saturated rings. The van der Waals surface area contributed by atoms with E-state index in [1.54, 1.807) is 7.11 Å². The van der Waals surface area contributed by atoms with E-state index in [0.717, 1.165) is 36.5 Å². The first kappa shape index (κ1) is 13.2. The van der Waals surface area contributed by atoms with Crippen LogP contribution in [0.5, 0.6) is 11.5 Å². The number of benzene rings is 1. The summed E-state index contributed by atoms with van der Waals surface area (Å²) in [6.07, 6.45) is 3.67. The molecular weight excluding hydrogens is 230 g/mol. The van der Waals surface area contributed by atoms with Crippen molar-refractivity contribution in [3.8, 4) is 11.5 Å². The van der Waals surface area contributed by atoms with Crippen LogP contribution >= 0.6 is 0 Å². The number of hydrogen-bond donors (Lipinski definition) is 1. The molecule has 1 saturated heterocycles. The number of nitrogens with two attached hydrogens (primary N) is 1. The standard InChI is InChI=1S/C14H21NO3/c1-16-12-5-6-14(11(8-12)9-15)18-10-13-4-2-3-7-17-13/h5-6,8,13H,2-4,7,9-10,15H2,1H3. The number of hydrogen-bond acceptors (Lipinski definition) is 4. The van der Waals surface area contributed by atoms with Crippen LogP contribution in [0, 0.1) is 0 Å². The maximum atomic E-state index is 5.81. The highest BCUT2D eigenvalue weighted by Gasteiger charge is 2.15. The monoisotopic (exact) mass is 251 g/mol. The maximum absolute atomic E-state index is 5.81. The molecule has 2 N–H and O–H groups in total. The molecule has 4 nitrogen and oxygen atoms in total. The van der Waals surface area contributed by atoms with Crippen LogP contribution in [-0.2, 0) is 11.3 Å². The molecule has 1 aliphatic heterocycles. The first-order valence-corrected chi connectivity index (χ1v) is 6.45. The van der Waals surface area contributed by atoms with E-state index in [1.165, 1.54) is 6.42 Å². The van der Waals surface area contributed by atoms with Crippen molar-refractivity contribution in [2.24, 2.45) is 5.73 Å². The Kier molecular flexibility index (Phi) is 4.84. The van der Waals surface area contributed by atoms with Gasteiger partial charge in [-0.1, -0.05) is 0 Å². The van der Waals surface area contributed by atoms with E-state index in [-0.39, 0.29) is 6.10 Å². The van der Waals surface area contributed by atoms with Gasteiger partial charge in [-0.25, -0.2) is 0 Å². The van der Waals surface area contributed by atoms with Crippen LogP contribution in [0.25, 0.3) is 0 Å². The molecule has 0 spiro atoms. The summed E-state index contributed by atoms with van der Waals surface area (Å²) in [7, 11) is 1.64. The molecule has 1 aromatic carbocycles. The average molecular weight is 251 g/mol. The van der Waals surface area contributed by atoms with E-state index < -0.39 is 0 Å². The predicted molar refractivity (Wildman–Crippen MR) is 70.0 cm³/mol. The molecule has 0 bridgehead atoms.